The summed E-state index contributed by atoms with van der Waals surface area (Å²) in [6.45, 7) is 4.03. The van der Waals surface area contributed by atoms with Gasteiger partial charge in [-0.1, -0.05) is 6.07 Å². The van der Waals surface area contributed by atoms with Crippen molar-refractivity contribution in [1.82, 2.24) is 0 Å². The summed E-state index contributed by atoms with van der Waals surface area (Å²) in [5, 5.41) is 6.82. The summed E-state index contributed by atoms with van der Waals surface area (Å²) in [7, 11) is -2.13. The smallest absolute Gasteiger partial charge is 0.238 e. The fourth-order valence-electron chi connectivity index (χ4n) is 3.52. The molecule has 0 aliphatic rings. The maximum absolute atomic E-state index is 11.5. The molecule has 3 aromatic carbocycles. The molecule has 0 fully saturated rings. The second-order valence-corrected chi connectivity index (χ2v) is 8.89. The second-order valence-electron chi connectivity index (χ2n) is 7.33. The van der Waals surface area contributed by atoms with Gasteiger partial charge < -0.3 is 9.15 Å². The molecule has 4 rings (SSSR count). The normalized spacial score (nSPS) is 12.3. The van der Waals surface area contributed by atoms with E-state index in [-0.39, 0.29) is 4.90 Å². The molecule has 0 bridgehead atoms. The maximum Gasteiger partial charge on any atom is 0.238 e. The molecule has 6 nitrogen and oxygen atoms in total. The van der Waals surface area contributed by atoms with E-state index < -0.39 is 10.0 Å². The Kier molecular flexibility index (Phi) is 5.39. The fourth-order valence-corrected chi connectivity index (χ4v) is 4.03. The van der Waals surface area contributed by atoms with Crippen LogP contribution in [0.1, 0.15) is 11.1 Å². The lowest BCUT2D eigenvalue weighted by atomic mass is 10.0. The number of methoxy groups -OCH3 is 1. The Morgan fingerprint density at radius 1 is 0.935 bits per heavy atom. The summed E-state index contributed by atoms with van der Waals surface area (Å²) in [5.41, 5.74) is 4.36. The van der Waals surface area contributed by atoms with Gasteiger partial charge in [0.25, 0.3) is 0 Å². The Labute approximate surface area is 180 Å². The first-order valence-electron chi connectivity index (χ1n) is 9.62. The summed E-state index contributed by atoms with van der Waals surface area (Å²) >= 11 is 0. The van der Waals surface area contributed by atoms with Crippen molar-refractivity contribution in [1.29, 1.82) is 0 Å². The van der Waals surface area contributed by atoms with Crippen LogP contribution in [0.4, 0.5) is 5.69 Å². The van der Waals surface area contributed by atoms with E-state index in [1.54, 1.807) is 19.2 Å². The zero-order valence-corrected chi connectivity index (χ0v) is 18.2. The van der Waals surface area contributed by atoms with E-state index in [1.165, 1.54) is 12.1 Å². The predicted octanol–water partition coefficient (Wildman–Crippen LogP) is 4.61. The van der Waals surface area contributed by atoms with Crippen molar-refractivity contribution in [3.8, 4) is 17.1 Å². The zero-order chi connectivity index (χ0) is 22.2. The maximum atomic E-state index is 11.5. The molecule has 0 unspecified atom stereocenters. The molecular weight excluding hydrogens is 412 g/mol. The van der Waals surface area contributed by atoms with Gasteiger partial charge in [-0.25, -0.2) is 18.5 Å². The predicted molar refractivity (Wildman–Crippen MR) is 121 cm³/mol. The third-order valence-electron chi connectivity index (χ3n) is 4.98. The number of nitrogens with two attached hydrogens (primary N) is 1. The van der Waals surface area contributed by atoms with Crippen LogP contribution in [0.2, 0.25) is 0 Å². The van der Waals surface area contributed by atoms with Crippen LogP contribution in [0.25, 0.3) is 22.3 Å². The highest BCUT2D eigenvalue weighted by molar-refractivity contribution is 7.89. The fraction of sp³-hybridized carbons (Fsp3) is 0.125. The number of aryl methyl sites for hydroxylation is 2. The molecule has 1 aromatic heterocycles. The van der Waals surface area contributed by atoms with E-state index in [0.29, 0.717) is 11.4 Å². The first kappa shape index (κ1) is 20.8. The Hall–Kier alpha value is -3.42. The minimum Gasteiger partial charge on any atom is -0.497 e. The molecule has 4 aromatic rings. The quantitative estimate of drug-likeness (QED) is 0.508. The number of hydrogen-bond acceptors (Lipinski definition) is 5. The third kappa shape index (κ3) is 4.38. The van der Waals surface area contributed by atoms with Gasteiger partial charge in [0.15, 0.2) is 0 Å². The van der Waals surface area contributed by atoms with Gasteiger partial charge in [-0.05, 0) is 79.6 Å². The van der Waals surface area contributed by atoms with Crippen molar-refractivity contribution >= 4 is 26.7 Å². The van der Waals surface area contributed by atoms with E-state index in [2.05, 4.69) is 6.07 Å². The average Bonchev–Trinajstić information content (AvgIpc) is 2.73. The third-order valence-corrected chi connectivity index (χ3v) is 5.91. The van der Waals surface area contributed by atoms with Crippen molar-refractivity contribution in [2.24, 2.45) is 10.1 Å². The number of sulfonamides is 1. The van der Waals surface area contributed by atoms with Crippen LogP contribution in [0.3, 0.4) is 0 Å². The van der Waals surface area contributed by atoms with Gasteiger partial charge >= 0.3 is 0 Å². The van der Waals surface area contributed by atoms with Crippen molar-refractivity contribution in [3.05, 3.63) is 83.2 Å². The molecule has 31 heavy (non-hydrogen) atoms. The van der Waals surface area contributed by atoms with Crippen LogP contribution in [0.5, 0.6) is 5.75 Å². The highest BCUT2D eigenvalue weighted by Gasteiger charge is 2.10. The average molecular weight is 435 g/mol. The van der Waals surface area contributed by atoms with Gasteiger partial charge in [0.2, 0.25) is 10.0 Å². The van der Waals surface area contributed by atoms with E-state index in [1.807, 2.05) is 50.2 Å². The van der Waals surface area contributed by atoms with Gasteiger partial charge in [0, 0.05) is 17.0 Å². The number of fused-ring (bicyclic) bond motifs is 1. The molecule has 0 spiro atoms. The molecule has 0 aliphatic carbocycles. The molecule has 2 N–H and O–H groups in total. The van der Waals surface area contributed by atoms with Crippen LogP contribution in [-0.4, -0.2) is 15.5 Å². The SMILES string of the molecule is COc1ccc(-c2cc(=Nc3ccc(S(N)(=O)=O)cc3)c3c(C)cc(C)cc3o2)cc1. The molecule has 7 heteroatoms. The van der Waals surface area contributed by atoms with Crippen LogP contribution < -0.4 is 15.2 Å². The van der Waals surface area contributed by atoms with Gasteiger partial charge in [-0.2, -0.15) is 0 Å². The van der Waals surface area contributed by atoms with E-state index >= 15 is 0 Å². The van der Waals surface area contributed by atoms with E-state index in [0.717, 1.165) is 38.8 Å². The number of nitrogens with zero attached hydrogens (tertiary/aromatic N) is 1. The summed E-state index contributed by atoms with van der Waals surface area (Å²) in [4.78, 5) is 4.83. The molecular formula is C24H22N2O4S. The van der Waals surface area contributed by atoms with Crippen molar-refractivity contribution in [2.75, 3.05) is 7.11 Å². The number of ether oxygens (including phenoxy) is 1. The summed E-state index contributed by atoms with van der Waals surface area (Å²) in [6, 6.07) is 19.7. The zero-order valence-electron chi connectivity index (χ0n) is 17.4. The van der Waals surface area contributed by atoms with Crippen molar-refractivity contribution in [2.45, 2.75) is 18.7 Å². The monoisotopic (exact) mass is 434 g/mol. The largest absolute Gasteiger partial charge is 0.497 e. The Morgan fingerprint density at radius 3 is 2.23 bits per heavy atom. The van der Waals surface area contributed by atoms with Gasteiger partial charge in [-0.15, -0.1) is 0 Å². The Bertz CT molecular complexity index is 1440. The lowest BCUT2D eigenvalue weighted by Crippen LogP contribution is -2.11. The molecule has 0 aliphatic heterocycles. The lowest BCUT2D eigenvalue weighted by molar-refractivity contribution is 0.415. The second kappa shape index (κ2) is 8.02. The van der Waals surface area contributed by atoms with Gasteiger partial charge in [0.1, 0.15) is 17.1 Å². The first-order chi connectivity index (χ1) is 14.7. The molecule has 0 atom stereocenters. The summed E-state index contributed by atoms with van der Waals surface area (Å²) in [5.74, 6) is 1.43. The van der Waals surface area contributed by atoms with Gasteiger partial charge in [0.05, 0.1) is 23.0 Å². The number of benzene rings is 3. The number of primary sulfonamides is 1. The lowest BCUT2D eigenvalue weighted by Gasteiger charge is -2.09. The van der Waals surface area contributed by atoms with Crippen LogP contribution in [0, 0.1) is 13.8 Å². The first-order valence-corrected chi connectivity index (χ1v) is 11.2. The minimum absolute atomic E-state index is 0.0464. The Morgan fingerprint density at radius 2 is 1.61 bits per heavy atom. The molecule has 1 heterocycles. The highest BCUT2D eigenvalue weighted by atomic mass is 32.2. The van der Waals surface area contributed by atoms with E-state index in [4.69, 9.17) is 19.3 Å². The summed E-state index contributed by atoms with van der Waals surface area (Å²) in [6.07, 6.45) is 0. The van der Waals surface area contributed by atoms with Crippen LogP contribution >= 0.6 is 0 Å². The van der Waals surface area contributed by atoms with Crippen molar-refractivity contribution < 1.29 is 17.6 Å². The molecule has 0 radical (unpaired) electrons. The van der Waals surface area contributed by atoms with Crippen LogP contribution in [0.15, 0.2) is 81.0 Å². The number of rotatable bonds is 4. The van der Waals surface area contributed by atoms with Crippen LogP contribution in [-0.2, 0) is 10.0 Å². The Balaban J connectivity index is 1.94. The minimum atomic E-state index is -3.75. The van der Waals surface area contributed by atoms with E-state index in [9.17, 15) is 8.42 Å². The highest BCUT2D eigenvalue weighted by Crippen LogP contribution is 2.27. The number of hydrogen-bond donors (Lipinski definition) is 1. The molecule has 158 valence electrons. The van der Waals surface area contributed by atoms with Crippen molar-refractivity contribution in [3.63, 3.8) is 0 Å². The standard InChI is InChI=1S/C24H22N2O4S/c1-15-12-16(2)24-21(26-18-6-10-20(11-7-18)31(25,27)28)14-22(30-23(24)13-15)17-4-8-19(29-3)9-5-17/h4-14H,1-3H3,(H2,25,27,28). The topological polar surface area (TPSA) is 94.9 Å². The van der Waals surface area contributed by atoms with Gasteiger partial charge in [-0.3, -0.25) is 0 Å². The molecule has 0 saturated heterocycles. The molecule has 0 amide bonds. The summed E-state index contributed by atoms with van der Waals surface area (Å²) < 4.78 is 34.5. The molecule has 0 saturated carbocycles.